The van der Waals surface area contributed by atoms with Crippen LogP contribution in [0.1, 0.15) is 9.67 Å². The smallest absolute Gasteiger partial charge is 0.161 e. The maximum absolute atomic E-state index is 10.7. The number of pyridine rings is 1. The van der Waals surface area contributed by atoms with Crippen LogP contribution in [0.3, 0.4) is 0 Å². The van der Waals surface area contributed by atoms with Crippen molar-refractivity contribution in [3.8, 4) is 10.7 Å². The van der Waals surface area contributed by atoms with E-state index in [1.165, 1.54) is 11.3 Å². The first kappa shape index (κ1) is 10.1. The van der Waals surface area contributed by atoms with Crippen LogP contribution >= 0.6 is 11.3 Å². The maximum Gasteiger partial charge on any atom is 0.161 e. The molecule has 2 aromatic heterocycles. The lowest BCUT2D eigenvalue weighted by Gasteiger charge is -2.01. The summed E-state index contributed by atoms with van der Waals surface area (Å²) in [7, 11) is 0. The van der Waals surface area contributed by atoms with Crippen molar-refractivity contribution in [2.45, 2.75) is 0 Å². The molecule has 0 aliphatic rings. The number of carbonyl (C=O) groups is 1. The second kappa shape index (κ2) is 4.07. The van der Waals surface area contributed by atoms with Crippen molar-refractivity contribution in [3.63, 3.8) is 0 Å². The Hall–Kier alpha value is -2.07. The molecule has 2 heterocycles. The van der Waals surface area contributed by atoms with E-state index in [2.05, 4.69) is 9.97 Å². The quantitative estimate of drug-likeness (QED) is 0.646. The van der Waals surface area contributed by atoms with Crippen molar-refractivity contribution in [3.05, 3.63) is 47.6 Å². The molecule has 82 valence electrons. The van der Waals surface area contributed by atoms with E-state index in [0.717, 1.165) is 27.8 Å². The molecule has 3 rings (SSSR count). The lowest BCUT2D eigenvalue weighted by atomic mass is 10.1. The Bertz CT molecular complexity index is 685. The molecule has 0 fully saturated rings. The molecule has 1 aromatic carbocycles. The Morgan fingerprint density at radius 3 is 2.82 bits per heavy atom. The zero-order valence-electron chi connectivity index (χ0n) is 8.83. The Balaban J connectivity index is 2.26. The van der Waals surface area contributed by atoms with Gasteiger partial charge in [-0.2, -0.15) is 0 Å². The summed E-state index contributed by atoms with van der Waals surface area (Å²) in [6, 6.07) is 9.98. The third-order valence-corrected chi connectivity index (χ3v) is 3.45. The third kappa shape index (κ3) is 1.72. The lowest BCUT2D eigenvalue weighted by molar-refractivity contribution is 0.112. The van der Waals surface area contributed by atoms with E-state index in [-0.39, 0.29) is 0 Å². The van der Waals surface area contributed by atoms with Crippen molar-refractivity contribution in [2.24, 2.45) is 0 Å². The van der Waals surface area contributed by atoms with E-state index < -0.39 is 0 Å². The van der Waals surface area contributed by atoms with Gasteiger partial charge in [0.15, 0.2) is 6.29 Å². The molecular weight excluding hydrogens is 232 g/mol. The number of fused-ring (bicyclic) bond motifs is 1. The molecule has 0 radical (unpaired) electrons. The first-order chi connectivity index (χ1) is 8.38. The summed E-state index contributed by atoms with van der Waals surface area (Å²) >= 11 is 1.36. The number of carbonyl (C=O) groups excluding carboxylic acids is 1. The molecule has 0 unspecified atom stereocenters. The van der Waals surface area contributed by atoms with Crippen LogP contribution in [0.15, 0.2) is 42.7 Å². The fourth-order valence-corrected chi connectivity index (χ4v) is 2.48. The summed E-state index contributed by atoms with van der Waals surface area (Å²) < 4.78 is 0. The molecule has 17 heavy (non-hydrogen) atoms. The van der Waals surface area contributed by atoms with Crippen LogP contribution in [0.25, 0.3) is 21.5 Å². The largest absolute Gasteiger partial charge is 0.297 e. The maximum atomic E-state index is 10.7. The van der Waals surface area contributed by atoms with E-state index >= 15 is 0 Å². The normalized spacial score (nSPS) is 10.6. The number of hydrogen-bond donors (Lipinski definition) is 0. The molecule has 0 saturated heterocycles. The highest BCUT2D eigenvalue weighted by Crippen LogP contribution is 2.28. The Labute approximate surface area is 102 Å². The topological polar surface area (TPSA) is 42.9 Å². The van der Waals surface area contributed by atoms with Crippen molar-refractivity contribution in [2.75, 3.05) is 0 Å². The van der Waals surface area contributed by atoms with Crippen LogP contribution in [0.4, 0.5) is 0 Å². The number of rotatable bonds is 2. The highest BCUT2D eigenvalue weighted by Gasteiger charge is 2.09. The average Bonchev–Trinajstić information content (AvgIpc) is 2.87. The van der Waals surface area contributed by atoms with Crippen LogP contribution in [0.5, 0.6) is 0 Å². The van der Waals surface area contributed by atoms with Gasteiger partial charge in [-0.05, 0) is 11.5 Å². The van der Waals surface area contributed by atoms with Gasteiger partial charge in [0.05, 0.1) is 4.88 Å². The summed E-state index contributed by atoms with van der Waals surface area (Å²) in [5.74, 6) is 0. The van der Waals surface area contributed by atoms with E-state index in [1.807, 2.05) is 30.3 Å². The number of aromatic nitrogens is 2. The lowest BCUT2D eigenvalue weighted by Crippen LogP contribution is -1.84. The van der Waals surface area contributed by atoms with Gasteiger partial charge in [0.1, 0.15) is 10.7 Å². The molecule has 3 nitrogen and oxygen atoms in total. The van der Waals surface area contributed by atoms with Gasteiger partial charge in [0, 0.05) is 17.8 Å². The molecule has 0 saturated carbocycles. The predicted molar refractivity (Wildman–Crippen MR) is 68.2 cm³/mol. The first-order valence-electron chi connectivity index (χ1n) is 5.13. The SMILES string of the molecule is O=Cc1cnc(-c2nccc3ccccc23)s1. The van der Waals surface area contributed by atoms with E-state index in [1.54, 1.807) is 12.4 Å². The second-order valence-corrected chi connectivity index (χ2v) is 4.63. The van der Waals surface area contributed by atoms with E-state index in [4.69, 9.17) is 0 Å². The molecule has 0 bridgehead atoms. The van der Waals surface area contributed by atoms with Crippen molar-refractivity contribution in [1.29, 1.82) is 0 Å². The van der Waals surface area contributed by atoms with Gasteiger partial charge in [-0.25, -0.2) is 4.98 Å². The summed E-state index contributed by atoms with van der Waals surface area (Å²) in [4.78, 5) is 19.9. The summed E-state index contributed by atoms with van der Waals surface area (Å²) in [6.07, 6.45) is 4.16. The van der Waals surface area contributed by atoms with Crippen LogP contribution in [-0.4, -0.2) is 16.3 Å². The van der Waals surface area contributed by atoms with Crippen LogP contribution in [0, 0.1) is 0 Å². The number of nitrogens with zero attached hydrogens (tertiary/aromatic N) is 2. The number of benzene rings is 1. The van der Waals surface area contributed by atoms with Crippen LogP contribution in [-0.2, 0) is 0 Å². The Morgan fingerprint density at radius 1 is 1.12 bits per heavy atom. The Morgan fingerprint density at radius 2 is 2.00 bits per heavy atom. The van der Waals surface area contributed by atoms with Gasteiger partial charge in [0.25, 0.3) is 0 Å². The second-order valence-electron chi connectivity index (χ2n) is 3.57. The Kier molecular flexibility index (Phi) is 2.42. The number of thiazole rings is 1. The molecule has 3 aromatic rings. The van der Waals surface area contributed by atoms with Gasteiger partial charge in [-0.1, -0.05) is 24.3 Å². The minimum absolute atomic E-state index is 0.620. The van der Waals surface area contributed by atoms with Crippen LogP contribution in [0.2, 0.25) is 0 Å². The number of aldehydes is 1. The van der Waals surface area contributed by atoms with Gasteiger partial charge < -0.3 is 0 Å². The van der Waals surface area contributed by atoms with Crippen molar-refractivity contribution >= 4 is 28.4 Å². The number of hydrogen-bond acceptors (Lipinski definition) is 4. The molecule has 0 aliphatic carbocycles. The van der Waals surface area contributed by atoms with Crippen molar-refractivity contribution < 1.29 is 4.79 Å². The molecule has 0 spiro atoms. The zero-order chi connectivity index (χ0) is 11.7. The third-order valence-electron chi connectivity index (χ3n) is 2.52. The van der Waals surface area contributed by atoms with Gasteiger partial charge in [-0.3, -0.25) is 9.78 Å². The van der Waals surface area contributed by atoms with E-state index in [0.29, 0.717) is 4.88 Å². The van der Waals surface area contributed by atoms with Gasteiger partial charge in [-0.15, -0.1) is 11.3 Å². The molecule has 4 heteroatoms. The monoisotopic (exact) mass is 240 g/mol. The minimum Gasteiger partial charge on any atom is -0.297 e. The molecule has 0 aliphatic heterocycles. The molecule has 0 atom stereocenters. The fourth-order valence-electron chi connectivity index (χ4n) is 1.74. The van der Waals surface area contributed by atoms with E-state index in [9.17, 15) is 4.79 Å². The van der Waals surface area contributed by atoms with Gasteiger partial charge >= 0.3 is 0 Å². The summed E-state index contributed by atoms with van der Waals surface area (Å²) in [5.41, 5.74) is 0.834. The van der Waals surface area contributed by atoms with Crippen LogP contribution < -0.4 is 0 Å². The zero-order valence-corrected chi connectivity index (χ0v) is 9.65. The van der Waals surface area contributed by atoms with Gasteiger partial charge in [0.2, 0.25) is 0 Å². The fraction of sp³-hybridized carbons (Fsp3) is 0. The highest BCUT2D eigenvalue weighted by atomic mass is 32.1. The summed E-state index contributed by atoms with van der Waals surface area (Å²) in [5, 5.41) is 2.96. The van der Waals surface area contributed by atoms with Crippen molar-refractivity contribution in [1.82, 2.24) is 9.97 Å². The molecule has 0 amide bonds. The predicted octanol–water partition coefficient (Wildman–Crippen LogP) is 3.17. The average molecular weight is 240 g/mol. The first-order valence-corrected chi connectivity index (χ1v) is 5.95. The highest BCUT2D eigenvalue weighted by molar-refractivity contribution is 7.16. The summed E-state index contributed by atoms with van der Waals surface area (Å²) in [6.45, 7) is 0. The minimum atomic E-state index is 0.620. The molecule has 0 N–H and O–H groups in total. The molecular formula is C13H8N2OS. The standard InChI is InChI=1S/C13H8N2OS/c16-8-10-7-15-13(17-10)12-11-4-2-1-3-9(11)5-6-14-12/h1-8H.